The van der Waals surface area contributed by atoms with Crippen molar-refractivity contribution >= 4 is 16.0 Å². The molecule has 1 unspecified atom stereocenters. The average molecular weight is 234 g/mol. The number of nitrogens with two attached hydrogens (primary N) is 1. The van der Waals surface area contributed by atoms with E-state index in [1.54, 1.807) is 6.92 Å². The number of hydrogen-bond donors (Lipinski definition) is 3. The van der Waals surface area contributed by atoms with Crippen LogP contribution in [0.2, 0.25) is 0 Å². The van der Waals surface area contributed by atoms with Gasteiger partial charge in [0.05, 0.1) is 6.04 Å². The molecule has 88 valence electrons. The molecule has 6 nitrogen and oxygen atoms in total. The third-order valence-electron chi connectivity index (χ3n) is 2.45. The lowest BCUT2D eigenvalue weighted by atomic mass is 10.2. The van der Waals surface area contributed by atoms with Crippen molar-refractivity contribution in [3.05, 3.63) is 0 Å². The summed E-state index contributed by atoms with van der Waals surface area (Å²) in [4.78, 5) is 0. The maximum absolute atomic E-state index is 11.8. The van der Waals surface area contributed by atoms with Crippen molar-refractivity contribution in [1.29, 1.82) is 5.41 Å². The molecule has 0 aromatic rings. The van der Waals surface area contributed by atoms with E-state index in [4.69, 9.17) is 11.1 Å². The molecule has 0 radical (unpaired) electrons. The van der Waals surface area contributed by atoms with E-state index in [1.165, 1.54) is 4.31 Å². The maximum Gasteiger partial charge on any atom is 0.280 e. The second-order valence-electron chi connectivity index (χ2n) is 3.76. The van der Waals surface area contributed by atoms with Gasteiger partial charge in [-0.25, -0.2) is 0 Å². The zero-order valence-electron chi connectivity index (χ0n) is 8.86. The molecule has 4 N–H and O–H groups in total. The lowest BCUT2D eigenvalue weighted by Crippen LogP contribution is -2.50. The summed E-state index contributed by atoms with van der Waals surface area (Å²) in [5.41, 5.74) is 5.21. The largest absolute Gasteiger partial charge is 0.386 e. The maximum atomic E-state index is 11.8. The first-order valence-electron chi connectivity index (χ1n) is 5.05. The van der Waals surface area contributed by atoms with Gasteiger partial charge in [0, 0.05) is 13.1 Å². The Morgan fingerprint density at radius 1 is 1.40 bits per heavy atom. The zero-order chi connectivity index (χ0) is 11.5. The van der Waals surface area contributed by atoms with Gasteiger partial charge in [-0.1, -0.05) is 6.42 Å². The molecule has 1 fully saturated rings. The third kappa shape index (κ3) is 3.44. The summed E-state index contributed by atoms with van der Waals surface area (Å²) in [5.74, 6) is -0.171. The summed E-state index contributed by atoms with van der Waals surface area (Å²) < 4.78 is 27.3. The smallest absolute Gasteiger partial charge is 0.280 e. The predicted molar refractivity (Wildman–Crippen MR) is 58.9 cm³/mol. The van der Waals surface area contributed by atoms with Crippen LogP contribution in [0.5, 0.6) is 0 Å². The van der Waals surface area contributed by atoms with Crippen LogP contribution in [-0.4, -0.2) is 37.7 Å². The summed E-state index contributed by atoms with van der Waals surface area (Å²) in [7, 11) is -3.47. The fraction of sp³-hybridized carbons (Fsp3) is 0.875. The summed E-state index contributed by atoms with van der Waals surface area (Å²) in [6, 6.07) is -0.642. The van der Waals surface area contributed by atoms with Crippen molar-refractivity contribution in [2.75, 3.05) is 13.1 Å². The van der Waals surface area contributed by atoms with Crippen molar-refractivity contribution in [3.63, 3.8) is 0 Å². The van der Waals surface area contributed by atoms with Crippen LogP contribution in [0.3, 0.4) is 0 Å². The zero-order valence-corrected chi connectivity index (χ0v) is 9.68. The predicted octanol–water partition coefficient (Wildman–Crippen LogP) is -0.369. The first kappa shape index (κ1) is 12.4. The molecule has 0 aliphatic carbocycles. The van der Waals surface area contributed by atoms with E-state index in [1.807, 2.05) is 0 Å². The summed E-state index contributed by atoms with van der Waals surface area (Å²) in [6.07, 6.45) is 2.87. The first-order valence-corrected chi connectivity index (χ1v) is 6.49. The fourth-order valence-electron chi connectivity index (χ4n) is 1.47. The minimum Gasteiger partial charge on any atom is -0.386 e. The van der Waals surface area contributed by atoms with Crippen LogP contribution in [0.4, 0.5) is 0 Å². The van der Waals surface area contributed by atoms with Gasteiger partial charge in [0.2, 0.25) is 0 Å². The van der Waals surface area contributed by atoms with E-state index < -0.39 is 16.3 Å². The van der Waals surface area contributed by atoms with E-state index >= 15 is 0 Å². The Balaban J connectivity index is 2.61. The highest BCUT2D eigenvalue weighted by atomic mass is 32.2. The molecule has 0 amide bonds. The quantitative estimate of drug-likeness (QED) is 0.457. The van der Waals surface area contributed by atoms with Crippen molar-refractivity contribution in [1.82, 2.24) is 9.03 Å². The van der Waals surface area contributed by atoms with Crippen LogP contribution < -0.4 is 10.5 Å². The van der Waals surface area contributed by atoms with Crippen LogP contribution in [-0.2, 0) is 10.2 Å². The summed E-state index contributed by atoms with van der Waals surface area (Å²) in [6.45, 7) is 2.67. The third-order valence-corrected chi connectivity index (χ3v) is 4.14. The molecule has 0 bridgehead atoms. The van der Waals surface area contributed by atoms with Crippen molar-refractivity contribution in [3.8, 4) is 0 Å². The van der Waals surface area contributed by atoms with E-state index in [-0.39, 0.29) is 5.84 Å². The molecule has 1 heterocycles. The Bertz CT molecular complexity index is 322. The second kappa shape index (κ2) is 4.91. The normalized spacial score (nSPS) is 21.1. The van der Waals surface area contributed by atoms with Gasteiger partial charge in [0.15, 0.2) is 0 Å². The van der Waals surface area contributed by atoms with Crippen LogP contribution in [0.1, 0.15) is 26.2 Å². The minimum atomic E-state index is -3.47. The van der Waals surface area contributed by atoms with Gasteiger partial charge >= 0.3 is 0 Å². The van der Waals surface area contributed by atoms with Crippen LogP contribution in [0.15, 0.2) is 0 Å². The number of amidine groups is 1. The topological polar surface area (TPSA) is 99.3 Å². The van der Waals surface area contributed by atoms with Crippen LogP contribution in [0, 0.1) is 5.41 Å². The van der Waals surface area contributed by atoms with Crippen LogP contribution >= 0.6 is 0 Å². The molecule has 0 aromatic heterocycles. The van der Waals surface area contributed by atoms with Gasteiger partial charge in [-0.2, -0.15) is 17.4 Å². The lowest BCUT2D eigenvalue weighted by Gasteiger charge is -2.27. The standard InChI is InChI=1S/C8H18N4O2S/c1-7(8(9)10)11-15(13,14)12-5-3-2-4-6-12/h7,11H,2-6H2,1H3,(H3,9,10). The molecule has 1 aliphatic heterocycles. The number of piperidine rings is 1. The van der Waals surface area contributed by atoms with Gasteiger partial charge in [-0.3, -0.25) is 5.41 Å². The van der Waals surface area contributed by atoms with Crippen molar-refractivity contribution in [2.45, 2.75) is 32.2 Å². The van der Waals surface area contributed by atoms with E-state index in [0.29, 0.717) is 13.1 Å². The summed E-state index contributed by atoms with van der Waals surface area (Å²) >= 11 is 0. The van der Waals surface area contributed by atoms with Crippen molar-refractivity contribution in [2.24, 2.45) is 5.73 Å². The van der Waals surface area contributed by atoms with Gasteiger partial charge < -0.3 is 5.73 Å². The van der Waals surface area contributed by atoms with Crippen LogP contribution in [0.25, 0.3) is 0 Å². The Labute approximate surface area is 90.5 Å². The van der Waals surface area contributed by atoms with Gasteiger partial charge in [-0.05, 0) is 19.8 Å². The number of nitrogens with zero attached hydrogens (tertiary/aromatic N) is 1. The Hall–Kier alpha value is -0.660. The fourth-order valence-corrected chi connectivity index (χ4v) is 2.93. The molecule has 7 heteroatoms. The van der Waals surface area contributed by atoms with E-state index in [0.717, 1.165) is 19.3 Å². The highest BCUT2D eigenvalue weighted by Crippen LogP contribution is 2.11. The minimum absolute atomic E-state index is 0.171. The molecular formula is C8H18N4O2S. The molecular weight excluding hydrogens is 216 g/mol. The molecule has 0 aromatic carbocycles. The number of nitrogens with one attached hydrogen (secondary N) is 2. The van der Waals surface area contributed by atoms with E-state index in [9.17, 15) is 8.42 Å². The molecule has 1 rings (SSSR count). The molecule has 15 heavy (non-hydrogen) atoms. The summed E-state index contributed by atoms with van der Waals surface area (Å²) in [5, 5.41) is 7.13. The van der Waals surface area contributed by atoms with Gasteiger partial charge in [-0.15, -0.1) is 0 Å². The monoisotopic (exact) mass is 234 g/mol. The molecule has 1 aliphatic rings. The number of hydrogen-bond acceptors (Lipinski definition) is 3. The molecule has 1 saturated heterocycles. The molecule has 1 atom stereocenters. The highest BCUT2D eigenvalue weighted by Gasteiger charge is 2.25. The Kier molecular flexibility index (Phi) is 4.06. The lowest BCUT2D eigenvalue weighted by molar-refractivity contribution is 0.341. The highest BCUT2D eigenvalue weighted by molar-refractivity contribution is 7.87. The molecule has 0 spiro atoms. The average Bonchev–Trinajstić information content (AvgIpc) is 2.18. The number of rotatable bonds is 4. The Morgan fingerprint density at radius 2 is 1.93 bits per heavy atom. The van der Waals surface area contributed by atoms with E-state index in [2.05, 4.69) is 4.72 Å². The Morgan fingerprint density at radius 3 is 2.40 bits per heavy atom. The SMILES string of the molecule is CC(NS(=O)(=O)N1CCCCC1)C(=N)N. The second-order valence-corrected chi connectivity index (χ2v) is 5.46. The first-order chi connectivity index (χ1) is 6.93. The molecule has 0 saturated carbocycles. The van der Waals surface area contributed by atoms with Crippen molar-refractivity contribution < 1.29 is 8.42 Å². The van der Waals surface area contributed by atoms with Gasteiger partial charge in [0.1, 0.15) is 5.84 Å². The van der Waals surface area contributed by atoms with Gasteiger partial charge in [0.25, 0.3) is 10.2 Å².